The lowest BCUT2D eigenvalue weighted by atomic mass is 10.6. The van der Waals surface area contributed by atoms with E-state index in [1.165, 1.54) is 0 Å². The lowest BCUT2D eigenvalue weighted by Crippen LogP contribution is -2.16. The van der Waals surface area contributed by atoms with Crippen molar-refractivity contribution in [1.29, 1.82) is 0 Å². The second kappa shape index (κ2) is 58.7. The van der Waals surface area contributed by atoms with Crippen LogP contribution >= 0.6 is 0 Å². The molecule has 0 aliphatic heterocycles. The number of hydrogen-bond acceptors (Lipinski definition) is 22. The van der Waals surface area contributed by atoms with E-state index in [1.807, 2.05) is 0 Å². The Bertz CT molecular complexity index is 1010. The molecule has 0 aliphatic carbocycles. The van der Waals surface area contributed by atoms with Gasteiger partial charge in [0.2, 0.25) is 0 Å². The van der Waals surface area contributed by atoms with Crippen molar-refractivity contribution in [3.05, 3.63) is 18.2 Å². The normalized spacial score (nSPS) is 11.7. The number of imidazole rings is 1. The molecule has 1 rings (SSSR count). The monoisotopic (exact) mass is 979 g/mol. The summed E-state index contributed by atoms with van der Waals surface area (Å²) in [5.74, 6) is 0.800. The van der Waals surface area contributed by atoms with Gasteiger partial charge in [0.15, 0.2) is 0 Å². The molecule has 0 aliphatic rings. The number of nitrogens with zero attached hydrogens (tertiary/aromatic N) is 1. The van der Waals surface area contributed by atoms with Crippen LogP contribution in [-0.2, 0) is 101 Å². The first-order valence-electron chi connectivity index (χ1n) is 23.6. The lowest BCUT2D eigenvalue weighted by molar-refractivity contribution is -0.0315. The Balaban J connectivity index is 1.58. The smallest absolute Gasteiger partial charge is 0.132 e. The van der Waals surface area contributed by atoms with Crippen molar-refractivity contribution in [2.24, 2.45) is 0 Å². The average Bonchev–Trinajstić information content (AvgIpc) is 3.87. The Labute approximate surface area is 398 Å². The molecule has 0 radical (unpaired) electrons. The number of aromatic amines is 1. The second-order valence-corrected chi connectivity index (χ2v) is 13.4. The zero-order valence-electron chi connectivity index (χ0n) is 40.2. The minimum Gasteiger partial charge on any atom is -0.394 e. The molecule has 0 atom stereocenters. The zero-order chi connectivity index (χ0) is 47.5. The first-order valence-corrected chi connectivity index (χ1v) is 23.6. The molecule has 1 heterocycles. The molecule has 0 aromatic carbocycles. The summed E-state index contributed by atoms with van der Waals surface area (Å²) in [4.78, 5) is 7.06. The summed E-state index contributed by atoms with van der Waals surface area (Å²) in [6.07, 6.45) is 3.46. The molecule has 23 nitrogen and oxygen atoms in total. The second-order valence-electron chi connectivity index (χ2n) is 13.4. The maximum absolute atomic E-state index is 8.60. The highest BCUT2D eigenvalue weighted by Crippen LogP contribution is 1.93. The SMILES string of the molecule is OCCOCCOCCOCCOCCOCCOCCOCCOCCOCCOCCOCCOCCOCCOCCOCCOCCOCCOCCOCCOCc1ncc[nH]1. The summed E-state index contributed by atoms with van der Waals surface area (Å²) in [6.45, 7) is 19.6. The first kappa shape index (κ1) is 63.4. The summed E-state index contributed by atoms with van der Waals surface area (Å²) in [6, 6.07) is 0. The summed E-state index contributed by atoms with van der Waals surface area (Å²) < 4.78 is 109. The van der Waals surface area contributed by atoms with Gasteiger partial charge < -0.3 is 105 Å². The summed E-state index contributed by atoms with van der Waals surface area (Å²) >= 11 is 0. The number of ether oxygens (including phenoxy) is 20. The molecular formula is C44H86N2O21. The molecule has 67 heavy (non-hydrogen) atoms. The summed E-state index contributed by atoms with van der Waals surface area (Å²) in [5, 5.41) is 8.60. The number of nitrogens with one attached hydrogen (secondary N) is 1. The van der Waals surface area contributed by atoms with Crippen LogP contribution in [0.15, 0.2) is 12.4 Å². The number of rotatable bonds is 61. The fraction of sp³-hybridized carbons (Fsp3) is 0.932. The van der Waals surface area contributed by atoms with Gasteiger partial charge in [0.05, 0.1) is 264 Å². The van der Waals surface area contributed by atoms with Gasteiger partial charge in [-0.25, -0.2) is 4.98 Å². The van der Waals surface area contributed by atoms with Gasteiger partial charge in [-0.2, -0.15) is 0 Å². The lowest BCUT2D eigenvalue weighted by Gasteiger charge is -2.09. The number of hydrogen-bond donors (Lipinski definition) is 2. The van der Waals surface area contributed by atoms with Crippen LogP contribution in [0.25, 0.3) is 0 Å². The topological polar surface area (TPSA) is 234 Å². The van der Waals surface area contributed by atoms with Gasteiger partial charge >= 0.3 is 0 Å². The number of aromatic nitrogens is 2. The van der Waals surface area contributed by atoms with Crippen molar-refractivity contribution in [3.63, 3.8) is 0 Å². The number of H-pyrrole nitrogens is 1. The van der Waals surface area contributed by atoms with E-state index in [9.17, 15) is 0 Å². The third kappa shape index (κ3) is 55.2. The number of aliphatic hydroxyl groups excluding tert-OH is 1. The van der Waals surface area contributed by atoms with Crippen LogP contribution < -0.4 is 0 Å². The molecule has 0 bridgehead atoms. The van der Waals surface area contributed by atoms with Crippen LogP contribution in [-0.4, -0.2) is 279 Å². The van der Waals surface area contributed by atoms with E-state index >= 15 is 0 Å². The zero-order valence-corrected chi connectivity index (χ0v) is 40.2. The highest BCUT2D eigenvalue weighted by molar-refractivity contribution is 4.83. The van der Waals surface area contributed by atoms with Gasteiger partial charge in [0, 0.05) is 12.4 Å². The molecule has 1 aromatic rings. The van der Waals surface area contributed by atoms with E-state index in [1.54, 1.807) is 12.4 Å². The Kier molecular flexibility index (Phi) is 55.5. The Hall–Kier alpha value is -1.63. The third-order valence-electron chi connectivity index (χ3n) is 8.10. The van der Waals surface area contributed by atoms with Gasteiger partial charge in [0.25, 0.3) is 0 Å². The fourth-order valence-electron chi connectivity index (χ4n) is 4.79. The van der Waals surface area contributed by atoms with Gasteiger partial charge in [0.1, 0.15) is 12.4 Å². The van der Waals surface area contributed by atoms with E-state index in [-0.39, 0.29) is 6.61 Å². The minimum absolute atomic E-state index is 0.0194. The van der Waals surface area contributed by atoms with Crippen molar-refractivity contribution in [2.75, 3.05) is 264 Å². The van der Waals surface area contributed by atoms with Crippen LogP contribution in [0, 0.1) is 0 Å². The van der Waals surface area contributed by atoms with Crippen LogP contribution in [0.4, 0.5) is 0 Å². The highest BCUT2D eigenvalue weighted by atomic mass is 16.6. The molecule has 0 amide bonds. The Morgan fingerprint density at radius 2 is 0.418 bits per heavy atom. The molecule has 2 N–H and O–H groups in total. The molecule has 23 heteroatoms. The van der Waals surface area contributed by atoms with E-state index < -0.39 is 0 Å². The molecule has 0 unspecified atom stereocenters. The molecule has 398 valence electrons. The van der Waals surface area contributed by atoms with Crippen LogP contribution in [0.2, 0.25) is 0 Å². The fourth-order valence-corrected chi connectivity index (χ4v) is 4.79. The molecule has 0 fully saturated rings. The van der Waals surface area contributed by atoms with E-state index in [4.69, 9.17) is 99.8 Å². The van der Waals surface area contributed by atoms with Crippen molar-refractivity contribution in [3.8, 4) is 0 Å². The maximum Gasteiger partial charge on any atom is 0.132 e. The van der Waals surface area contributed by atoms with E-state index in [2.05, 4.69) is 9.97 Å². The molecule has 0 spiro atoms. The van der Waals surface area contributed by atoms with Gasteiger partial charge in [-0.15, -0.1) is 0 Å². The molecular weight excluding hydrogens is 892 g/mol. The maximum atomic E-state index is 8.60. The third-order valence-corrected chi connectivity index (χ3v) is 8.10. The Morgan fingerprint density at radius 1 is 0.254 bits per heavy atom. The van der Waals surface area contributed by atoms with Crippen molar-refractivity contribution in [1.82, 2.24) is 9.97 Å². The molecule has 0 saturated carbocycles. The number of aliphatic hydroxyl groups is 1. The summed E-state index contributed by atoms with van der Waals surface area (Å²) in [5.41, 5.74) is 0. The Morgan fingerprint density at radius 3 is 0.567 bits per heavy atom. The minimum atomic E-state index is 0.0194. The van der Waals surface area contributed by atoms with Crippen LogP contribution in [0.1, 0.15) is 5.82 Å². The van der Waals surface area contributed by atoms with Gasteiger partial charge in [-0.1, -0.05) is 0 Å². The van der Waals surface area contributed by atoms with Gasteiger partial charge in [-0.3, -0.25) is 0 Å². The summed E-state index contributed by atoms with van der Waals surface area (Å²) in [7, 11) is 0. The molecule has 1 aromatic heterocycles. The van der Waals surface area contributed by atoms with E-state index in [0.29, 0.717) is 264 Å². The average molecular weight is 979 g/mol. The van der Waals surface area contributed by atoms with Crippen molar-refractivity contribution < 1.29 is 99.8 Å². The van der Waals surface area contributed by atoms with Crippen LogP contribution in [0.3, 0.4) is 0 Å². The van der Waals surface area contributed by atoms with Gasteiger partial charge in [-0.05, 0) is 0 Å². The largest absolute Gasteiger partial charge is 0.394 e. The predicted molar refractivity (Wildman–Crippen MR) is 241 cm³/mol. The van der Waals surface area contributed by atoms with Crippen molar-refractivity contribution >= 4 is 0 Å². The predicted octanol–water partition coefficient (Wildman–Crippen LogP) is 0.234. The standard InChI is InChI=1S/C44H86N2O21/c47-3-4-48-5-6-49-7-8-50-9-10-51-11-12-52-13-14-53-15-16-54-17-18-55-19-20-56-21-22-57-23-24-58-25-26-59-27-28-60-29-30-61-31-32-62-33-34-63-35-36-64-37-38-65-39-40-66-41-42-67-43-44-45-1-2-46-44/h1-2,47H,3-43H2,(H,45,46). The molecule has 0 saturated heterocycles. The quantitative estimate of drug-likeness (QED) is 0.0832. The van der Waals surface area contributed by atoms with Crippen molar-refractivity contribution in [2.45, 2.75) is 6.61 Å². The van der Waals surface area contributed by atoms with Crippen LogP contribution in [0.5, 0.6) is 0 Å². The van der Waals surface area contributed by atoms with E-state index in [0.717, 1.165) is 5.82 Å². The first-order chi connectivity index (χ1) is 33.4. The highest BCUT2D eigenvalue weighted by Gasteiger charge is 2.00.